The van der Waals surface area contributed by atoms with E-state index in [2.05, 4.69) is 4.99 Å². The SMILES string of the molecule is O=C1/C(=C/c2ccc(OCc3cccc(F)c3)cc2)SC(=Nc2ccccc2F)N1C1CCCCC1. The molecule has 0 radical (unpaired) electrons. The van der Waals surface area contributed by atoms with Crippen molar-refractivity contribution >= 4 is 34.6 Å². The summed E-state index contributed by atoms with van der Waals surface area (Å²) in [7, 11) is 0. The third-order valence-corrected chi connectivity index (χ3v) is 7.30. The van der Waals surface area contributed by atoms with E-state index in [1.54, 1.807) is 29.2 Å². The monoisotopic (exact) mass is 504 g/mol. The van der Waals surface area contributed by atoms with Crippen molar-refractivity contribution in [3.63, 3.8) is 0 Å². The van der Waals surface area contributed by atoms with Gasteiger partial charge in [-0.2, -0.15) is 0 Å². The molecule has 3 aromatic carbocycles. The minimum Gasteiger partial charge on any atom is -0.489 e. The van der Waals surface area contributed by atoms with Crippen molar-refractivity contribution in [2.24, 2.45) is 4.99 Å². The number of hydrogen-bond acceptors (Lipinski definition) is 4. The van der Waals surface area contributed by atoms with E-state index in [0.29, 0.717) is 15.8 Å². The van der Waals surface area contributed by atoms with Gasteiger partial charge in [0.1, 0.15) is 29.7 Å². The Morgan fingerprint density at radius 1 is 0.972 bits per heavy atom. The fraction of sp³-hybridized carbons (Fsp3) is 0.241. The molecule has 2 fully saturated rings. The smallest absolute Gasteiger partial charge is 0.267 e. The molecule has 4 nitrogen and oxygen atoms in total. The topological polar surface area (TPSA) is 41.9 Å². The lowest BCUT2D eigenvalue weighted by Crippen LogP contribution is -2.40. The van der Waals surface area contributed by atoms with Crippen LogP contribution >= 0.6 is 11.8 Å². The number of rotatable bonds is 6. The van der Waals surface area contributed by atoms with Crippen molar-refractivity contribution in [3.05, 3.63) is 100 Å². The first kappa shape index (κ1) is 24.3. The van der Waals surface area contributed by atoms with Gasteiger partial charge in [0.2, 0.25) is 0 Å². The van der Waals surface area contributed by atoms with E-state index in [9.17, 15) is 13.6 Å². The Balaban J connectivity index is 1.35. The molecule has 2 aliphatic rings. The molecule has 1 heterocycles. The molecule has 1 amide bonds. The standard InChI is InChI=1S/C29H26F2N2O2S/c30-22-8-6-7-21(17-22)19-35-24-15-13-20(14-16-24)18-27-28(34)33(23-9-2-1-3-10-23)29(36-27)32-26-12-5-4-11-25(26)31/h4-8,11-18,23H,1-3,9-10,19H2/b27-18-,32-29?. The third kappa shape index (κ3) is 5.68. The molecular weight excluding hydrogens is 478 g/mol. The second kappa shape index (κ2) is 11.1. The fourth-order valence-electron chi connectivity index (χ4n) is 4.48. The van der Waals surface area contributed by atoms with Crippen molar-refractivity contribution in [1.82, 2.24) is 4.90 Å². The number of thioether (sulfide) groups is 1. The number of benzene rings is 3. The van der Waals surface area contributed by atoms with Gasteiger partial charge < -0.3 is 4.74 Å². The van der Waals surface area contributed by atoms with E-state index >= 15 is 0 Å². The first-order chi connectivity index (χ1) is 17.6. The van der Waals surface area contributed by atoms with Crippen molar-refractivity contribution in [1.29, 1.82) is 0 Å². The first-order valence-electron chi connectivity index (χ1n) is 12.1. The highest BCUT2D eigenvalue weighted by Gasteiger charge is 2.38. The van der Waals surface area contributed by atoms with E-state index in [0.717, 1.165) is 36.8 Å². The zero-order chi connectivity index (χ0) is 24.9. The van der Waals surface area contributed by atoms with Gasteiger partial charge in [-0.1, -0.05) is 55.7 Å². The Morgan fingerprint density at radius 3 is 2.50 bits per heavy atom. The maximum Gasteiger partial charge on any atom is 0.267 e. The molecular formula is C29H26F2N2O2S. The molecule has 0 N–H and O–H groups in total. The van der Waals surface area contributed by atoms with Crippen LogP contribution in [-0.4, -0.2) is 22.0 Å². The van der Waals surface area contributed by atoms with E-state index in [1.807, 2.05) is 36.4 Å². The normalized spacial score (nSPS) is 18.8. The molecule has 0 unspecified atom stereocenters. The number of amidine groups is 1. The zero-order valence-electron chi connectivity index (χ0n) is 19.7. The lowest BCUT2D eigenvalue weighted by atomic mass is 9.94. The molecule has 5 rings (SSSR count). The number of hydrogen-bond donors (Lipinski definition) is 0. The Kier molecular flexibility index (Phi) is 7.47. The summed E-state index contributed by atoms with van der Waals surface area (Å²) in [5, 5.41) is 0.526. The fourth-order valence-corrected chi connectivity index (χ4v) is 5.53. The predicted molar refractivity (Wildman–Crippen MR) is 140 cm³/mol. The van der Waals surface area contributed by atoms with Crippen molar-refractivity contribution in [3.8, 4) is 5.75 Å². The molecule has 0 spiro atoms. The molecule has 0 bridgehead atoms. The van der Waals surface area contributed by atoms with E-state index in [1.165, 1.54) is 36.4 Å². The minimum absolute atomic E-state index is 0.0776. The van der Waals surface area contributed by atoms with E-state index in [-0.39, 0.29) is 30.1 Å². The molecule has 36 heavy (non-hydrogen) atoms. The van der Waals surface area contributed by atoms with E-state index in [4.69, 9.17) is 4.74 Å². The second-order valence-electron chi connectivity index (χ2n) is 8.91. The van der Waals surface area contributed by atoms with Crippen molar-refractivity contribution in [2.75, 3.05) is 0 Å². The molecule has 0 aromatic heterocycles. The van der Waals surface area contributed by atoms with Gasteiger partial charge in [0.05, 0.1) is 4.91 Å². The second-order valence-corrected chi connectivity index (χ2v) is 9.92. The summed E-state index contributed by atoms with van der Waals surface area (Å²) in [5.41, 5.74) is 1.83. The Morgan fingerprint density at radius 2 is 1.75 bits per heavy atom. The number of ether oxygens (including phenoxy) is 1. The van der Waals surface area contributed by atoms with Crippen LogP contribution in [0.4, 0.5) is 14.5 Å². The summed E-state index contributed by atoms with van der Waals surface area (Å²) >= 11 is 1.29. The highest BCUT2D eigenvalue weighted by molar-refractivity contribution is 8.18. The first-order valence-corrected chi connectivity index (χ1v) is 12.9. The van der Waals surface area contributed by atoms with Crippen molar-refractivity contribution < 1.29 is 18.3 Å². The summed E-state index contributed by atoms with van der Waals surface area (Å²) in [4.78, 5) is 20.3. The molecule has 1 saturated carbocycles. The summed E-state index contributed by atoms with van der Waals surface area (Å²) in [6.45, 7) is 0.263. The molecule has 184 valence electrons. The molecule has 0 atom stereocenters. The van der Waals surface area contributed by atoms with Crippen LogP contribution in [0.25, 0.3) is 6.08 Å². The van der Waals surface area contributed by atoms with Crippen LogP contribution in [0.3, 0.4) is 0 Å². The van der Waals surface area contributed by atoms with Crippen LogP contribution in [0.1, 0.15) is 43.2 Å². The summed E-state index contributed by atoms with van der Waals surface area (Å²) in [5.74, 6) is -0.143. The quantitative estimate of drug-likeness (QED) is 0.327. The number of aliphatic imine (C=N–C) groups is 1. The Labute approximate surface area is 213 Å². The van der Waals surface area contributed by atoms with Gasteiger partial charge in [-0.25, -0.2) is 13.8 Å². The number of para-hydroxylation sites is 1. The lowest BCUT2D eigenvalue weighted by molar-refractivity contribution is -0.124. The van der Waals surface area contributed by atoms with Gasteiger partial charge in [-0.15, -0.1) is 0 Å². The predicted octanol–water partition coefficient (Wildman–Crippen LogP) is 7.48. The largest absolute Gasteiger partial charge is 0.489 e. The number of nitrogens with zero attached hydrogens (tertiary/aromatic N) is 2. The summed E-state index contributed by atoms with van der Waals surface area (Å²) in [6, 6.07) is 20.1. The van der Waals surface area contributed by atoms with Crippen LogP contribution in [0, 0.1) is 11.6 Å². The maximum absolute atomic E-state index is 14.3. The van der Waals surface area contributed by atoms with Crippen LogP contribution in [0.5, 0.6) is 5.75 Å². The van der Waals surface area contributed by atoms with Gasteiger partial charge in [0.15, 0.2) is 5.17 Å². The van der Waals surface area contributed by atoms with Crippen LogP contribution < -0.4 is 4.74 Å². The van der Waals surface area contributed by atoms with E-state index < -0.39 is 5.82 Å². The highest BCUT2D eigenvalue weighted by atomic mass is 32.2. The van der Waals surface area contributed by atoms with Gasteiger partial charge in [-0.3, -0.25) is 9.69 Å². The number of halogens is 2. The average molecular weight is 505 g/mol. The lowest BCUT2D eigenvalue weighted by Gasteiger charge is -2.30. The maximum atomic E-state index is 14.3. The minimum atomic E-state index is -0.409. The Bertz CT molecular complexity index is 1300. The average Bonchev–Trinajstić information content (AvgIpc) is 3.19. The summed E-state index contributed by atoms with van der Waals surface area (Å²) in [6.07, 6.45) is 7.00. The van der Waals surface area contributed by atoms with Crippen LogP contribution in [-0.2, 0) is 11.4 Å². The molecule has 7 heteroatoms. The molecule has 1 aliphatic heterocycles. The molecule has 1 aliphatic carbocycles. The Hall–Kier alpha value is -3.45. The number of carbonyl (C=O) groups excluding carboxylic acids is 1. The van der Waals surface area contributed by atoms with Crippen LogP contribution in [0.2, 0.25) is 0 Å². The van der Waals surface area contributed by atoms with Gasteiger partial charge >= 0.3 is 0 Å². The van der Waals surface area contributed by atoms with Crippen LogP contribution in [0.15, 0.2) is 82.7 Å². The van der Waals surface area contributed by atoms with Gasteiger partial charge in [-0.05, 0) is 78.2 Å². The van der Waals surface area contributed by atoms with Gasteiger partial charge in [0, 0.05) is 6.04 Å². The zero-order valence-corrected chi connectivity index (χ0v) is 20.5. The third-order valence-electron chi connectivity index (χ3n) is 6.32. The highest BCUT2D eigenvalue weighted by Crippen LogP contribution is 2.39. The molecule has 1 saturated heterocycles. The molecule has 3 aromatic rings. The van der Waals surface area contributed by atoms with Crippen molar-refractivity contribution in [2.45, 2.75) is 44.8 Å². The number of amides is 1. The summed E-state index contributed by atoms with van der Waals surface area (Å²) < 4.78 is 33.4. The number of carbonyl (C=O) groups is 1. The van der Waals surface area contributed by atoms with Gasteiger partial charge in [0.25, 0.3) is 5.91 Å².